The number of rotatable bonds is 8. The van der Waals surface area contributed by atoms with E-state index in [1.807, 2.05) is 19.1 Å². The molecular formula is C22H21FN2O3S. The summed E-state index contributed by atoms with van der Waals surface area (Å²) in [5.74, 6) is 0.0819. The van der Waals surface area contributed by atoms with Crippen LogP contribution >= 0.6 is 11.3 Å². The Morgan fingerprint density at radius 1 is 1.10 bits per heavy atom. The molecule has 1 aromatic heterocycles. The zero-order valence-corrected chi connectivity index (χ0v) is 17.0. The summed E-state index contributed by atoms with van der Waals surface area (Å²) in [6, 6.07) is 13.4. The molecular weight excluding hydrogens is 391 g/mol. The summed E-state index contributed by atoms with van der Waals surface area (Å²) in [5.41, 5.74) is 2.57. The van der Waals surface area contributed by atoms with Gasteiger partial charge in [0.25, 0.3) is 5.91 Å². The van der Waals surface area contributed by atoms with Gasteiger partial charge in [-0.05, 0) is 55.3 Å². The summed E-state index contributed by atoms with van der Waals surface area (Å²) < 4.78 is 18.4. The first-order chi connectivity index (χ1) is 13.9. The Labute approximate surface area is 172 Å². The van der Waals surface area contributed by atoms with E-state index in [4.69, 9.17) is 4.74 Å². The molecule has 29 heavy (non-hydrogen) atoms. The van der Waals surface area contributed by atoms with Gasteiger partial charge in [-0.15, -0.1) is 11.3 Å². The van der Waals surface area contributed by atoms with Gasteiger partial charge in [0, 0.05) is 19.0 Å². The van der Waals surface area contributed by atoms with E-state index in [9.17, 15) is 14.0 Å². The predicted octanol–water partition coefficient (Wildman–Crippen LogP) is 4.20. The third-order valence-electron chi connectivity index (χ3n) is 4.24. The van der Waals surface area contributed by atoms with E-state index in [2.05, 4.69) is 10.3 Å². The lowest BCUT2D eigenvalue weighted by atomic mass is 10.1. The minimum Gasteiger partial charge on any atom is -0.484 e. The average Bonchev–Trinajstić information content (AvgIpc) is 3.10. The Morgan fingerprint density at radius 3 is 2.41 bits per heavy atom. The Balaban J connectivity index is 1.47. The topological polar surface area (TPSA) is 68.3 Å². The number of benzene rings is 2. The largest absolute Gasteiger partial charge is 0.484 e. The summed E-state index contributed by atoms with van der Waals surface area (Å²) in [4.78, 5) is 28.6. The molecule has 7 heteroatoms. The Morgan fingerprint density at radius 2 is 1.79 bits per heavy atom. The number of Topliss-reactive ketones (excluding diaryl/α,β-unsaturated/α-hetero) is 1. The number of aryl methyl sites for hydroxylation is 1. The highest BCUT2D eigenvalue weighted by Gasteiger charge is 2.13. The van der Waals surface area contributed by atoms with Crippen LogP contribution in [0.4, 0.5) is 4.39 Å². The molecule has 150 valence electrons. The Bertz CT molecular complexity index is 998. The molecule has 0 aliphatic carbocycles. The van der Waals surface area contributed by atoms with Crippen molar-refractivity contribution in [3.63, 3.8) is 0 Å². The van der Waals surface area contributed by atoms with Gasteiger partial charge in [-0.2, -0.15) is 0 Å². The van der Waals surface area contributed by atoms with Crippen LogP contribution in [0.5, 0.6) is 5.75 Å². The van der Waals surface area contributed by atoms with Crippen LogP contribution in [0, 0.1) is 12.7 Å². The highest BCUT2D eigenvalue weighted by Crippen LogP contribution is 2.29. The Hall–Kier alpha value is -3.06. The lowest BCUT2D eigenvalue weighted by Crippen LogP contribution is -2.30. The zero-order valence-electron chi connectivity index (χ0n) is 16.2. The number of amides is 1. The van der Waals surface area contributed by atoms with E-state index in [0.717, 1.165) is 21.8 Å². The lowest BCUT2D eigenvalue weighted by Gasteiger charge is -2.08. The van der Waals surface area contributed by atoms with Crippen molar-refractivity contribution < 1.29 is 18.7 Å². The smallest absolute Gasteiger partial charge is 0.257 e. The molecule has 3 aromatic rings. The predicted molar refractivity (Wildman–Crippen MR) is 111 cm³/mol. The lowest BCUT2D eigenvalue weighted by molar-refractivity contribution is -0.123. The van der Waals surface area contributed by atoms with E-state index in [-0.39, 0.29) is 24.1 Å². The molecule has 1 amide bonds. The molecule has 0 saturated heterocycles. The summed E-state index contributed by atoms with van der Waals surface area (Å²) >= 11 is 1.37. The first-order valence-corrected chi connectivity index (χ1v) is 9.97. The number of aromatic nitrogens is 1. The highest BCUT2D eigenvalue weighted by molar-refractivity contribution is 7.17. The van der Waals surface area contributed by atoms with Crippen molar-refractivity contribution in [2.45, 2.75) is 20.3 Å². The maximum absolute atomic E-state index is 12.9. The van der Waals surface area contributed by atoms with Crippen molar-refractivity contribution in [1.82, 2.24) is 10.3 Å². The molecule has 0 radical (unpaired) electrons. The zero-order chi connectivity index (χ0) is 20.8. The third kappa shape index (κ3) is 5.71. The Kier molecular flexibility index (Phi) is 6.72. The molecule has 5 nitrogen and oxygen atoms in total. The SMILES string of the molecule is CC(=O)c1sc(-c2ccc(OCC(=O)NCCc3ccc(F)cc3)cc2)nc1C. The van der Waals surface area contributed by atoms with E-state index in [0.29, 0.717) is 23.6 Å². The molecule has 2 aromatic carbocycles. The van der Waals surface area contributed by atoms with Crippen molar-refractivity contribution in [3.8, 4) is 16.3 Å². The molecule has 0 aliphatic heterocycles. The monoisotopic (exact) mass is 412 g/mol. The summed E-state index contributed by atoms with van der Waals surface area (Å²) in [6.45, 7) is 3.72. The average molecular weight is 412 g/mol. The van der Waals surface area contributed by atoms with Crippen molar-refractivity contribution in [3.05, 3.63) is 70.5 Å². The van der Waals surface area contributed by atoms with Crippen LogP contribution < -0.4 is 10.1 Å². The van der Waals surface area contributed by atoms with Crippen LogP contribution in [0.15, 0.2) is 48.5 Å². The van der Waals surface area contributed by atoms with Crippen molar-refractivity contribution in [2.24, 2.45) is 0 Å². The minimum atomic E-state index is -0.276. The molecule has 0 bridgehead atoms. The van der Waals surface area contributed by atoms with Gasteiger partial charge in [-0.3, -0.25) is 9.59 Å². The van der Waals surface area contributed by atoms with Gasteiger partial charge in [-0.1, -0.05) is 12.1 Å². The fourth-order valence-corrected chi connectivity index (χ4v) is 3.70. The second-order valence-corrected chi connectivity index (χ2v) is 7.53. The van der Waals surface area contributed by atoms with Gasteiger partial charge < -0.3 is 10.1 Å². The highest BCUT2D eigenvalue weighted by atomic mass is 32.1. The van der Waals surface area contributed by atoms with Crippen molar-refractivity contribution in [2.75, 3.05) is 13.2 Å². The molecule has 0 unspecified atom stereocenters. The second-order valence-electron chi connectivity index (χ2n) is 6.53. The molecule has 1 heterocycles. The van der Waals surface area contributed by atoms with Crippen LogP contribution in [-0.2, 0) is 11.2 Å². The number of hydrogen-bond donors (Lipinski definition) is 1. The number of thiazole rings is 1. The molecule has 3 rings (SSSR count). The summed E-state index contributed by atoms with van der Waals surface area (Å²) in [6.07, 6.45) is 0.621. The van der Waals surface area contributed by atoms with Crippen LogP contribution in [-0.4, -0.2) is 29.8 Å². The number of ketones is 1. The van der Waals surface area contributed by atoms with E-state index >= 15 is 0 Å². The number of carbonyl (C=O) groups is 2. The fraction of sp³-hybridized carbons (Fsp3) is 0.227. The van der Waals surface area contributed by atoms with Gasteiger partial charge in [-0.25, -0.2) is 9.37 Å². The van der Waals surface area contributed by atoms with Crippen LogP contribution in [0.2, 0.25) is 0 Å². The minimum absolute atomic E-state index is 0.0108. The number of hydrogen-bond acceptors (Lipinski definition) is 5. The number of nitrogens with zero attached hydrogens (tertiary/aromatic N) is 1. The molecule has 0 spiro atoms. The quantitative estimate of drug-likeness (QED) is 0.563. The van der Waals surface area contributed by atoms with Crippen LogP contribution in [0.3, 0.4) is 0 Å². The van der Waals surface area contributed by atoms with Gasteiger partial charge >= 0.3 is 0 Å². The van der Waals surface area contributed by atoms with Crippen molar-refractivity contribution in [1.29, 1.82) is 0 Å². The van der Waals surface area contributed by atoms with Crippen LogP contribution in [0.25, 0.3) is 10.6 Å². The van der Waals surface area contributed by atoms with Gasteiger partial charge in [0.1, 0.15) is 16.6 Å². The van der Waals surface area contributed by atoms with E-state index < -0.39 is 0 Å². The number of nitrogens with one attached hydrogen (secondary N) is 1. The van der Waals surface area contributed by atoms with Crippen LogP contribution in [0.1, 0.15) is 27.9 Å². The fourth-order valence-electron chi connectivity index (χ4n) is 2.74. The number of carbonyl (C=O) groups excluding carboxylic acids is 2. The molecule has 0 fully saturated rings. The first-order valence-electron chi connectivity index (χ1n) is 9.15. The standard InChI is InChI=1S/C22H21FN2O3S/c1-14-21(15(2)26)29-22(25-14)17-5-9-19(10-6-17)28-13-20(27)24-12-11-16-3-7-18(23)8-4-16/h3-10H,11-13H2,1-2H3,(H,24,27). The van der Waals surface area contributed by atoms with E-state index in [1.54, 1.807) is 24.3 Å². The van der Waals surface area contributed by atoms with E-state index in [1.165, 1.54) is 30.4 Å². The number of ether oxygens (including phenoxy) is 1. The molecule has 0 atom stereocenters. The van der Waals surface area contributed by atoms with Gasteiger partial charge in [0.15, 0.2) is 12.4 Å². The first kappa shape index (κ1) is 20.7. The maximum Gasteiger partial charge on any atom is 0.257 e. The number of halogens is 1. The molecule has 0 aliphatic rings. The van der Waals surface area contributed by atoms with Gasteiger partial charge in [0.2, 0.25) is 0 Å². The van der Waals surface area contributed by atoms with Crippen molar-refractivity contribution >= 4 is 23.0 Å². The molecule has 0 saturated carbocycles. The normalized spacial score (nSPS) is 10.6. The summed E-state index contributed by atoms with van der Waals surface area (Å²) in [5, 5.41) is 3.55. The third-order valence-corrected chi connectivity index (χ3v) is 5.54. The summed E-state index contributed by atoms with van der Waals surface area (Å²) in [7, 11) is 0. The molecule has 1 N–H and O–H groups in total. The second kappa shape index (κ2) is 9.43. The van der Waals surface area contributed by atoms with Gasteiger partial charge in [0.05, 0.1) is 10.6 Å². The maximum atomic E-state index is 12.9.